The predicted molar refractivity (Wildman–Crippen MR) is 190 cm³/mol. The summed E-state index contributed by atoms with van der Waals surface area (Å²) in [6, 6.07) is 51.5. The van der Waals surface area contributed by atoms with Crippen molar-refractivity contribution in [3.05, 3.63) is 145 Å². The standard InChI is InChI=1S/C41H26N2S/c1-25-18-20-26(21-19-25)42-34-15-7-4-13-31(34)38-39-32-14-5-8-16-35(32)43(41(39)30-12-3-2-11-29(30)40(38)42)27-22-23-37-33(24-27)28-10-6-9-17-36(28)44-37/h2-24H,1H3. The number of thiophene rings is 1. The first-order valence-electron chi connectivity index (χ1n) is 15.1. The zero-order valence-corrected chi connectivity index (χ0v) is 24.9. The summed E-state index contributed by atoms with van der Waals surface area (Å²) in [5.41, 5.74) is 8.63. The summed E-state index contributed by atoms with van der Waals surface area (Å²) in [6.45, 7) is 2.15. The zero-order valence-electron chi connectivity index (χ0n) is 24.1. The van der Waals surface area contributed by atoms with Crippen LogP contribution < -0.4 is 0 Å². The highest BCUT2D eigenvalue weighted by Gasteiger charge is 2.24. The van der Waals surface area contributed by atoms with Gasteiger partial charge in [0.15, 0.2) is 0 Å². The first-order chi connectivity index (χ1) is 21.8. The van der Waals surface area contributed by atoms with Gasteiger partial charge in [0.2, 0.25) is 0 Å². The molecule has 0 aliphatic carbocycles. The van der Waals surface area contributed by atoms with Crippen molar-refractivity contribution in [1.82, 2.24) is 9.13 Å². The Morgan fingerprint density at radius 3 is 1.52 bits per heavy atom. The SMILES string of the molecule is Cc1ccc(-n2c3ccccc3c3c4c5ccccc5n(-c5ccc6sc7ccccc7c6c5)c4c4ccccc4c32)cc1. The highest BCUT2D eigenvalue weighted by atomic mass is 32.1. The lowest BCUT2D eigenvalue weighted by atomic mass is 9.99. The van der Waals surface area contributed by atoms with Gasteiger partial charge in [0.05, 0.1) is 22.1 Å². The largest absolute Gasteiger partial charge is 0.309 e. The Balaban J connectivity index is 1.45. The Bertz CT molecular complexity index is 2770. The number of hydrogen-bond donors (Lipinski definition) is 0. The highest BCUT2D eigenvalue weighted by Crippen LogP contribution is 2.47. The average Bonchev–Trinajstić information content (AvgIpc) is 3.73. The Hall–Kier alpha value is -5.38. The fourth-order valence-corrected chi connectivity index (χ4v) is 8.56. The van der Waals surface area contributed by atoms with Gasteiger partial charge in [-0.3, -0.25) is 0 Å². The van der Waals surface area contributed by atoms with Crippen LogP contribution in [0.1, 0.15) is 5.56 Å². The van der Waals surface area contributed by atoms with Crippen LogP contribution >= 0.6 is 11.3 Å². The lowest BCUT2D eigenvalue weighted by Gasteiger charge is -2.13. The van der Waals surface area contributed by atoms with Crippen LogP contribution in [0.3, 0.4) is 0 Å². The number of nitrogens with zero attached hydrogens (tertiary/aromatic N) is 2. The zero-order chi connectivity index (χ0) is 28.9. The first kappa shape index (κ1) is 24.1. The monoisotopic (exact) mass is 578 g/mol. The molecule has 0 aliphatic heterocycles. The number of aromatic nitrogens is 2. The van der Waals surface area contributed by atoms with E-state index in [1.807, 2.05) is 11.3 Å². The molecule has 0 fully saturated rings. The molecular formula is C41H26N2S. The molecular weight excluding hydrogens is 553 g/mol. The van der Waals surface area contributed by atoms with Crippen molar-refractivity contribution in [2.45, 2.75) is 6.92 Å². The van der Waals surface area contributed by atoms with Gasteiger partial charge in [0.1, 0.15) is 0 Å². The van der Waals surface area contributed by atoms with E-state index in [0.29, 0.717) is 0 Å². The summed E-state index contributed by atoms with van der Waals surface area (Å²) in [4.78, 5) is 0. The van der Waals surface area contributed by atoms with Crippen molar-refractivity contribution >= 4 is 85.9 Å². The highest BCUT2D eigenvalue weighted by molar-refractivity contribution is 7.25. The number of fused-ring (bicyclic) bond motifs is 13. The van der Waals surface area contributed by atoms with Crippen molar-refractivity contribution in [1.29, 1.82) is 0 Å². The minimum absolute atomic E-state index is 1.19. The second-order valence-corrected chi connectivity index (χ2v) is 12.9. The van der Waals surface area contributed by atoms with Gasteiger partial charge in [-0.15, -0.1) is 11.3 Å². The lowest BCUT2D eigenvalue weighted by molar-refractivity contribution is 1.18. The van der Waals surface area contributed by atoms with Crippen molar-refractivity contribution in [2.24, 2.45) is 0 Å². The summed E-state index contributed by atoms with van der Waals surface area (Å²) < 4.78 is 7.64. The van der Waals surface area contributed by atoms with Crippen molar-refractivity contribution < 1.29 is 0 Å². The van der Waals surface area contributed by atoms with Gasteiger partial charge in [-0.25, -0.2) is 0 Å². The number of aryl methyl sites for hydroxylation is 1. The molecule has 0 saturated heterocycles. The first-order valence-corrected chi connectivity index (χ1v) is 15.9. The van der Waals surface area contributed by atoms with E-state index in [2.05, 4.69) is 156 Å². The Labute approximate surface area is 257 Å². The molecule has 3 heterocycles. The minimum atomic E-state index is 1.19. The molecule has 0 N–H and O–H groups in total. The summed E-state index contributed by atoms with van der Waals surface area (Å²) in [5.74, 6) is 0. The van der Waals surface area contributed by atoms with Gasteiger partial charge < -0.3 is 9.13 Å². The number of hydrogen-bond acceptors (Lipinski definition) is 1. The summed E-state index contributed by atoms with van der Waals surface area (Å²) in [5, 5.41) is 10.3. The van der Waals surface area contributed by atoms with Gasteiger partial charge in [-0.2, -0.15) is 0 Å². The predicted octanol–water partition coefficient (Wildman–Crippen LogP) is 11.7. The molecule has 44 heavy (non-hydrogen) atoms. The summed E-state index contributed by atoms with van der Waals surface area (Å²) in [6.07, 6.45) is 0. The van der Waals surface area contributed by atoms with Gasteiger partial charge in [0, 0.05) is 63.9 Å². The smallest absolute Gasteiger partial charge is 0.0627 e. The molecule has 206 valence electrons. The molecule has 0 aliphatic rings. The molecule has 3 aromatic heterocycles. The van der Waals surface area contributed by atoms with Crippen LogP contribution in [0.4, 0.5) is 0 Å². The average molecular weight is 579 g/mol. The Morgan fingerprint density at radius 2 is 0.886 bits per heavy atom. The van der Waals surface area contributed by atoms with Crippen molar-refractivity contribution in [2.75, 3.05) is 0 Å². The molecule has 0 saturated carbocycles. The van der Waals surface area contributed by atoms with Gasteiger partial charge in [-0.1, -0.05) is 96.6 Å². The molecule has 0 unspecified atom stereocenters. The van der Waals surface area contributed by atoms with Crippen LogP contribution in [0.2, 0.25) is 0 Å². The molecule has 0 radical (unpaired) electrons. The lowest BCUT2D eigenvalue weighted by Crippen LogP contribution is -1.96. The molecule has 0 amide bonds. The van der Waals surface area contributed by atoms with Gasteiger partial charge >= 0.3 is 0 Å². The van der Waals surface area contributed by atoms with Crippen LogP contribution in [-0.4, -0.2) is 9.13 Å². The number of para-hydroxylation sites is 2. The maximum absolute atomic E-state index is 2.51. The van der Waals surface area contributed by atoms with Crippen LogP contribution in [0, 0.1) is 6.92 Å². The second kappa shape index (κ2) is 8.82. The minimum Gasteiger partial charge on any atom is -0.309 e. The molecule has 7 aromatic carbocycles. The maximum Gasteiger partial charge on any atom is 0.0627 e. The fourth-order valence-electron chi connectivity index (χ4n) is 7.48. The number of rotatable bonds is 2. The molecule has 0 atom stereocenters. The maximum atomic E-state index is 2.51. The van der Waals surface area contributed by atoms with E-state index in [-0.39, 0.29) is 0 Å². The third-order valence-electron chi connectivity index (χ3n) is 9.35. The van der Waals surface area contributed by atoms with Crippen LogP contribution in [-0.2, 0) is 0 Å². The molecule has 0 spiro atoms. The van der Waals surface area contributed by atoms with E-state index in [1.54, 1.807) is 0 Å². The molecule has 0 bridgehead atoms. The van der Waals surface area contributed by atoms with Gasteiger partial charge in [0.25, 0.3) is 0 Å². The van der Waals surface area contributed by atoms with Crippen LogP contribution in [0.25, 0.3) is 85.9 Å². The third-order valence-corrected chi connectivity index (χ3v) is 10.5. The van der Waals surface area contributed by atoms with Crippen molar-refractivity contribution in [3.63, 3.8) is 0 Å². The van der Waals surface area contributed by atoms with Crippen LogP contribution in [0.15, 0.2) is 140 Å². The molecule has 3 heteroatoms. The third kappa shape index (κ3) is 3.14. The Morgan fingerprint density at radius 1 is 0.409 bits per heavy atom. The van der Waals surface area contributed by atoms with E-state index >= 15 is 0 Å². The van der Waals surface area contributed by atoms with Crippen LogP contribution in [0.5, 0.6) is 0 Å². The molecule has 10 aromatic rings. The normalized spacial score (nSPS) is 12.2. The number of benzene rings is 7. The topological polar surface area (TPSA) is 9.86 Å². The Kier molecular flexibility index (Phi) is 4.83. The molecule has 2 nitrogen and oxygen atoms in total. The second-order valence-electron chi connectivity index (χ2n) is 11.8. The van der Waals surface area contributed by atoms with E-state index in [9.17, 15) is 0 Å². The van der Waals surface area contributed by atoms with Gasteiger partial charge in [-0.05, 0) is 55.5 Å². The van der Waals surface area contributed by atoms with Crippen molar-refractivity contribution in [3.8, 4) is 11.4 Å². The van der Waals surface area contributed by atoms with E-state index in [4.69, 9.17) is 0 Å². The summed E-state index contributed by atoms with van der Waals surface area (Å²) in [7, 11) is 0. The molecule has 10 rings (SSSR count). The quantitative estimate of drug-likeness (QED) is 0.193. The fraction of sp³-hybridized carbons (Fsp3) is 0.0244. The summed E-state index contributed by atoms with van der Waals surface area (Å²) >= 11 is 1.87. The van der Waals surface area contributed by atoms with E-state index in [0.717, 1.165) is 0 Å². The van der Waals surface area contributed by atoms with E-state index in [1.165, 1.54) is 91.5 Å². The van der Waals surface area contributed by atoms with E-state index < -0.39 is 0 Å².